The molecular weight excluding hydrogens is 429 g/mol. The summed E-state index contributed by atoms with van der Waals surface area (Å²) >= 11 is 0. The molecule has 1 atom stereocenters. The number of nitrogens with one attached hydrogen (secondary N) is 1. The van der Waals surface area contributed by atoms with Crippen LogP contribution in [-0.4, -0.2) is 25.0 Å². The maximum absolute atomic E-state index is 13.7. The Morgan fingerprint density at radius 2 is 1.65 bits per heavy atom. The minimum atomic E-state index is -0.616. The van der Waals surface area contributed by atoms with Crippen molar-refractivity contribution in [3.63, 3.8) is 0 Å². The molecule has 34 heavy (non-hydrogen) atoms. The van der Waals surface area contributed by atoms with Gasteiger partial charge in [0.1, 0.15) is 12.4 Å². The minimum absolute atomic E-state index is 0.0311. The molecule has 0 aliphatic heterocycles. The molecule has 3 aromatic carbocycles. The van der Waals surface area contributed by atoms with E-state index < -0.39 is 11.9 Å². The number of halogens is 1. The Hall–Kier alpha value is -3.47. The van der Waals surface area contributed by atoms with Crippen LogP contribution in [0.5, 0.6) is 0 Å². The standard InChI is InChI=1S/C29H30FNO3/c1-2-3-15-31-29(33)21(16-20-9-8-10-22(30)17-20)18-28(32)34-19-27-25-13-6-4-11-23(25)24-12-5-7-14-26(24)27/h4-14,17,21,27H,2-3,15-16,18-19H2,1H3,(H,31,33). The van der Waals surface area contributed by atoms with E-state index in [1.165, 1.54) is 23.3 Å². The number of unbranched alkanes of at least 4 members (excludes halogenated alkanes) is 1. The van der Waals surface area contributed by atoms with Gasteiger partial charge in [0.05, 0.1) is 12.3 Å². The van der Waals surface area contributed by atoms with Crippen molar-refractivity contribution in [2.75, 3.05) is 13.2 Å². The Kier molecular flexibility index (Phi) is 7.73. The molecule has 0 heterocycles. The third kappa shape index (κ3) is 5.53. The van der Waals surface area contributed by atoms with Gasteiger partial charge in [-0.05, 0) is 52.8 Å². The molecule has 0 saturated carbocycles. The smallest absolute Gasteiger partial charge is 0.306 e. The molecule has 1 unspecified atom stereocenters. The van der Waals surface area contributed by atoms with Crippen LogP contribution in [0.25, 0.3) is 11.1 Å². The van der Waals surface area contributed by atoms with Crippen molar-refractivity contribution in [3.8, 4) is 11.1 Å². The van der Waals surface area contributed by atoms with Crippen molar-refractivity contribution >= 4 is 11.9 Å². The number of hydrogen-bond acceptors (Lipinski definition) is 3. The van der Waals surface area contributed by atoms with Crippen molar-refractivity contribution in [1.29, 1.82) is 0 Å². The molecule has 4 nitrogen and oxygen atoms in total. The fraction of sp³-hybridized carbons (Fsp3) is 0.310. The molecule has 0 spiro atoms. The van der Waals surface area contributed by atoms with Gasteiger partial charge in [-0.3, -0.25) is 9.59 Å². The van der Waals surface area contributed by atoms with Crippen LogP contribution in [0.1, 0.15) is 48.8 Å². The van der Waals surface area contributed by atoms with Gasteiger partial charge in [0, 0.05) is 12.5 Å². The molecule has 0 fully saturated rings. The highest BCUT2D eigenvalue weighted by atomic mass is 19.1. The molecule has 1 aliphatic rings. The zero-order chi connectivity index (χ0) is 23.9. The van der Waals surface area contributed by atoms with Crippen molar-refractivity contribution in [1.82, 2.24) is 5.32 Å². The summed E-state index contributed by atoms with van der Waals surface area (Å²) in [7, 11) is 0. The van der Waals surface area contributed by atoms with E-state index in [1.54, 1.807) is 12.1 Å². The number of carbonyl (C=O) groups excluding carboxylic acids is 2. The molecule has 1 amide bonds. The summed E-state index contributed by atoms with van der Waals surface area (Å²) < 4.78 is 19.4. The van der Waals surface area contributed by atoms with Crippen molar-refractivity contribution in [3.05, 3.63) is 95.3 Å². The number of amides is 1. The molecule has 4 rings (SSSR count). The van der Waals surface area contributed by atoms with E-state index in [9.17, 15) is 14.0 Å². The summed E-state index contributed by atoms with van der Waals surface area (Å²) in [4.78, 5) is 25.7. The minimum Gasteiger partial charge on any atom is -0.465 e. The fourth-order valence-electron chi connectivity index (χ4n) is 4.61. The highest BCUT2D eigenvalue weighted by molar-refractivity contribution is 5.84. The summed E-state index contributed by atoms with van der Waals surface area (Å²) in [6.45, 7) is 2.82. The number of carbonyl (C=O) groups is 2. The SMILES string of the molecule is CCCCNC(=O)C(CC(=O)OCC1c2ccccc2-c2ccccc21)Cc1cccc(F)c1. The van der Waals surface area contributed by atoms with Crippen molar-refractivity contribution in [2.45, 2.75) is 38.5 Å². The van der Waals surface area contributed by atoms with Crippen molar-refractivity contribution in [2.24, 2.45) is 5.92 Å². The first-order chi connectivity index (χ1) is 16.6. The van der Waals surface area contributed by atoms with Gasteiger partial charge in [-0.15, -0.1) is 0 Å². The number of ether oxygens (including phenoxy) is 1. The van der Waals surface area contributed by atoms with E-state index in [1.807, 2.05) is 31.2 Å². The van der Waals surface area contributed by atoms with Crippen LogP contribution >= 0.6 is 0 Å². The second kappa shape index (κ2) is 11.1. The van der Waals surface area contributed by atoms with E-state index in [2.05, 4.69) is 29.6 Å². The predicted molar refractivity (Wildman–Crippen MR) is 131 cm³/mol. The van der Waals surface area contributed by atoms with E-state index in [-0.39, 0.29) is 37.1 Å². The highest BCUT2D eigenvalue weighted by Crippen LogP contribution is 2.44. The van der Waals surface area contributed by atoms with Gasteiger partial charge >= 0.3 is 5.97 Å². The Morgan fingerprint density at radius 3 is 2.29 bits per heavy atom. The first kappa shape index (κ1) is 23.7. The van der Waals surface area contributed by atoms with Crippen LogP contribution in [0, 0.1) is 11.7 Å². The largest absolute Gasteiger partial charge is 0.465 e. The second-order valence-corrected chi connectivity index (χ2v) is 8.79. The van der Waals surface area contributed by atoms with Gasteiger partial charge in [0.25, 0.3) is 0 Å². The van der Waals surface area contributed by atoms with E-state index in [0.717, 1.165) is 24.0 Å². The molecule has 176 valence electrons. The van der Waals surface area contributed by atoms with Gasteiger partial charge in [-0.25, -0.2) is 4.39 Å². The third-order valence-corrected chi connectivity index (χ3v) is 6.36. The highest BCUT2D eigenvalue weighted by Gasteiger charge is 2.30. The monoisotopic (exact) mass is 459 g/mol. The molecule has 1 aliphatic carbocycles. The predicted octanol–water partition coefficient (Wildman–Crippen LogP) is 5.65. The van der Waals surface area contributed by atoms with Gasteiger partial charge in [0.15, 0.2) is 0 Å². The number of hydrogen-bond donors (Lipinski definition) is 1. The average Bonchev–Trinajstić information content (AvgIpc) is 3.16. The molecular formula is C29H30FNO3. The molecule has 0 aromatic heterocycles. The summed E-state index contributed by atoms with van der Waals surface area (Å²) in [5, 5.41) is 2.91. The lowest BCUT2D eigenvalue weighted by Gasteiger charge is -2.18. The van der Waals surface area contributed by atoms with E-state index in [4.69, 9.17) is 4.74 Å². The van der Waals surface area contributed by atoms with Crippen LogP contribution in [-0.2, 0) is 20.7 Å². The Bertz CT molecular complexity index is 1110. The van der Waals surface area contributed by atoms with Crippen LogP contribution in [0.4, 0.5) is 4.39 Å². The Balaban J connectivity index is 1.44. The topological polar surface area (TPSA) is 55.4 Å². The molecule has 0 radical (unpaired) electrons. The van der Waals surface area contributed by atoms with Gasteiger partial charge < -0.3 is 10.1 Å². The lowest BCUT2D eigenvalue weighted by atomic mass is 9.95. The second-order valence-electron chi connectivity index (χ2n) is 8.79. The number of fused-ring (bicyclic) bond motifs is 3. The molecule has 0 saturated heterocycles. The Labute approximate surface area is 200 Å². The lowest BCUT2D eigenvalue weighted by Crippen LogP contribution is -2.34. The molecule has 0 bridgehead atoms. The zero-order valence-corrected chi connectivity index (χ0v) is 19.4. The molecule has 1 N–H and O–H groups in total. The summed E-state index contributed by atoms with van der Waals surface area (Å²) in [5.74, 6) is -1.63. The van der Waals surface area contributed by atoms with Gasteiger partial charge in [-0.2, -0.15) is 0 Å². The Morgan fingerprint density at radius 1 is 0.971 bits per heavy atom. The number of esters is 1. The first-order valence-corrected chi connectivity index (χ1v) is 11.9. The van der Waals surface area contributed by atoms with Crippen LogP contribution in [0.15, 0.2) is 72.8 Å². The first-order valence-electron chi connectivity index (χ1n) is 11.9. The molecule has 5 heteroatoms. The normalized spacial score (nSPS) is 13.1. The quantitative estimate of drug-likeness (QED) is 0.315. The maximum Gasteiger partial charge on any atom is 0.306 e. The maximum atomic E-state index is 13.7. The van der Waals surface area contributed by atoms with Crippen LogP contribution in [0.2, 0.25) is 0 Å². The van der Waals surface area contributed by atoms with E-state index in [0.29, 0.717) is 12.1 Å². The number of benzene rings is 3. The third-order valence-electron chi connectivity index (χ3n) is 6.36. The zero-order valence-electron chi connectivity index (χ0n) is 19.4. The average molecular weight is 460 g/mol. The fourth-order valence-corrected chi connectivity index (χ4v) is 4.61. The van der Waals surface area contributed by atoms with Gasteiger partial charge in [-0.1, -0.05) is 74.0 Å². The summed E-state index contributed by atoms with van der Waals surface area (Å²) in [6, 6.07) is 22.5. The van der Waals surface area contributed by atoms with Crippen molar-refractivity contribution < 1.29 is 18.7 Å². The van der Waals surface area contributed by atoms with E-state index >= 15 is 0 Å². The summed E-state index contributed by atoms with van der Waals surface area (Å²) in [6.07, 6.45) is 2.05. The van der Waals surface area contributed by atoms with Crippen LogP contribution in [0.3, 0.4) is 0 Å². The summed E-state index contributed by atoms with van der Waals surface area (Å²) in [5.41, 5.74) is 5.30. The number of rotatable bonds is 10. The lowest BCUT2D eigenvalue weighted by molar-refractivity contribution is -0.147. The molecule has 3 aromatic rings. The van der Waals surface area contributed by atoms with Gasteiger partial charge in [0.2, 0.25) is 5.91 Å². The van der Waals surface area contributed by atoms with Crippen LogP contribution < -0.4 is 5.32 Å².